The topological polar surface area (TPSA) is 43.4 Å². The minimum absolute atomic E-state index is 0.688. The van der Waals surface area contributed by atoms with Gasteiger partial charge in [-0.3, -0.25) is 0 Å². The van der Waals surface area contributed by atoms with Crippen LogP contribution in [0.15, 0.2) is 24.3 Å². The zero-order valence-electron chi connectivity index (χ0n) is 12.9. The molecule has 2 aromatic rings. The molecule has 1 aliphatic heterocycles. The predicted molar refractivity (Wildman–Crippen MR) is 89.0 cm³/mol. The number of hydrogen-bond donors (Lipinski definition) is 1. The van der Waals surface area contributed by atoms with Gasteiger partial charge in [0.25, 0.3) is 0 Å². The zero-order valence-corrected chi connectivity index (χ0v) is 13.7. The molecule has 0 saturated heterocycles. The van der Waals surface area contributed by atoms with Crippen LogP contribution in [0.3, 0.4) is 0 Å². The van der Waals surface area contributed by atoms with Gasteiger partial charge in [-0.1, -0.05) is 0 Å². The second kappa shape index (κ2) is 7.61. The number of nitrogens with zero attached hydrogens (tertiary/aromatic N) is 1. The summed E-state index contributed by atoms with van der Waals surface area (Å²) in [5.74, 6) is 1.78. The second-order valence-corrected chi connectivity index (χ2v) is 6.43. The first kappa shape index (κ1) is 15.3. The number of fused-ring (bicyclic) bond motifs is 1. The van der Waals surface area contributed by atoms with Crippen LogP contribution in [-0.4, -0.2) is 24.7 Å². The van der Waals surface area contributed by atoms with Gasteiger partial charge in [-0.05, 0) is 37.6 Å². The lowest BCUT2D eigenvalue weighted by Crippen LogP contribution is -2.22. The Bertz CT molecular complexity index is 572. The zero-order chi connectivity index (χ0) is 15.2. The van der Waals surface area contributed by atoms with Crippen molar-refractivity contribution in [3.63, 3.8) is 0 Å². The highest BCUT2D eigenvalue weighted by Crippen LogP contribution is 2.23. The van der Waals surface area contributed by atoms with Crippen molar-refractivity contribution in [3.05, 3.63) is 39.8 Å². The molecule has 118 valence electrons. The molecule has 0 fully saturated rings. The number of hydrogen-bond acceptors (Lipinski definition) is 5. The van der Waals surface area contributed by atoms with Crippen molar-refractivity contribution in [2.75, 3.05) is 19.8 Å². The van der Waals surface area contributed by atoms with Crippen LogP contribution >= 0.6 is 11.3 Å². The van der Waals surface area contributed by atoms with Gasteiger partial charge >= 0.3 is 0 Å². The molecule has 0 unspecified atom stereocenters. The Kier molecular flexibility index (Phi) is 5.29. The molecule has 0 atom stereocenters. The smallest absolute Gasteiger partial charge is 0.119 e. The third-order valence-electron chi connectivity index (χ3n) is 3.59. The SMILES string of the molecule is CCOc1ccc(OCCCc2nc3c(s2)CNCC3)cc1. The van der Waals surface area contributed by atoms with Crippen LogP contribution in [0.1, 0.15) is 28.9 Å². The van der Waals surface area contributed by atoms with E-state index in [1.165, 1.54) is 15.6 Å². The summed E-state index contributed by atoms with van der Waals surface area (Å²) in [6.07, 6.45) is 3.05. The number of thiazole rings is 1. The van der Waals surface area contributed by atoms with E-state index in [1.54, 1.807) is 0 Å². The molecule has 3 rings (SSSR count). The summed E-state index contributed by atoms with van der Waals surface area (Å²) in [5.41, 5.74) is 1.30. The van der Waals surface area contributed by atoms with E-state index in [2.05, 4.69) is 5.32 Å². The van der Waals surface area contributed by atoms with Gasteiger partial charge in [0.2, 0.25) is 0 Å². The molecule has 1 aliphatic rings. The average Bonchev–Trinajstić information content (AvgIpc) is 2.96. The minimum atomic E-state index is 0.688. The Balaban J connectivity index is 1.42. The summed E-state index contributed by atoms with van der Waals surface area (Å²) in [5, 5.41) is 4.63. The van der Waals surface area contributed by atoms with Crippen LogP contribution in [0.5, 0.6) is 11.5 Å². The Morgan fingerprint density at radius 2 is 1.95 bits per heavy atom. The first-order valence-electron chi connectivity index (χ1n) is 7.89. The molecule has 5 heteroatoms. The third kappa shape index (κ3) is 3.99. The molecular formula is C17H22N2O2S. The van der Waals surface area contributed by atoms with Gasteiger partial charge in [0.05, 0.1) is 23.9 Å². The van der Waals surface area contributed by atoms with Gasteiger partial charge in [-0.25, -0.2) is 4.98 Å². The number of aromatic nitrogens is 1. The number of benzene rings is 1. The molecule has 0 saturated carbocycles. The van der Waals surface area contributed by atoms with E-state index in [0.29, 0.717) is 6.61 Å². The standard InChI is InChI=1S/C17H22N2O2S/c1-2-20-13-5-7-14(8-6-13)21-11-3-4-17-19-15-9-10-18-12-16(15)22-17/h5-8,18H,2-4,9-12H2,1H3. The van der Waals surface area contributed by atoms with Crippen LogP contribution < -0.4 is 14.8 Å². The van der Waals surface area contributed by atoms with Crippen molar-refractivity contribution < 1.29 is 9.47 Å². The molecule has 0 amide bonds. The second-order valence-electron chi connectivity index (χ2n) is 5.26. The van der Waals surface area contributed by atoms with Gasteiger partial charge in [-0.2, -0.15) is 0 Å². The summed E-state index contributed by atoms with van der Waals surface area (Å²) >= 11 is 1.84. The average molecular weight is 318 g/mol. The van der Waals surface area contributed by atoms with Crippen molar-refractivity contribution in [2.24, 2.45) is 0 Å². The van der Waals surface area contributed by atoms with Crippen molar-refractivity contribution >= 4 is 11.3 Å². The lowest BCUT2D eigenvalue weighted by atomic mass is 10.2. The quantitative estimate of drug-likeness (QED) is 0.796. The van der Waals surface area contributed by atoms with Crippen molar-refractivity contribution in [2.45, 2.75) is 32.7 Å². The summed E-state index contributed by atoms with van der Waals surface area (Å²) in [6, 6.07) is 7.80. The Hall–Kier alpha value is -1.59. The molecule has 1 aromatic carbocycles. The van der Waals surface area contributed by atoms with Gasteiger partial charge < -0.3 is 14.8 Å². The van der Waals surface area contributed by atoms with E-state index in [4.69, 9.17) is 14.5 Å². The minimum Gasteiger partial charge on any atom is -0.494 e. The van der Waals surface area contributed by atoms with Gasteiger partial charge in [0.1, 0.15) is 11.5 Å². The lowest BCUT2D eigenvalue weighted by molar-refractivity contribution is 0.308. The van der Waals surface area contributed by atoms with Crippen LogP contribution in [0.2, 0.25) is 0 Å². The van der Waals surface area contributed by atoms with Crippen LogP contribution in [0.4, 0.5) is 0 Å². The number of aryl methyl sites for hydroxylation is 1. The summed E-state index contributed by atoms with van der Waals surface area (Å²) in [7, 11) is 0. The van der Waals surface area contributed by atoms with Gasteiger partial charge in [0, 0.05) is 30.8 Å². The highest BCUT2D eigenvalue weighted by molar-refractivity contribution is 7.11. The lowest BCUT2D eigenvalue weighted by Gasteiger charge is -2.09. The molecule has 0 bridgehead atoms. The number of rotatable bonds is 7. The first-order valence-corrected chi connectivity index (χ1v) is 8.70. The predicted octanol–water partition coefficient (Wildman–Crippen LogP) is 3.20. The monoisotopic (exact) mass is 318 g/mol. The summed E-state index contributed by atoms with van der Waals surface area (Å²) in [4.78, 5) is 6.14. The van der Waals surface area contributed by atoms with Crippen molar-refractivity contribution in [3.8, 4) is 11.5 Å². The fourth-order valence-electron chi connectivity index (χ4n) is 2.50. The van der Waals surface area contributed by atoms with Gasteiger partial charge in [0.15, 0.2) is 0 Å². The molecule has 2 heterocycles. The fraction of sp³-hybridized carbons (Fsp3) is 0.471. The van der Waals surface area contributed by atoms with E-state index in [-0.39, 0.29) is 0 Å². The van der Waals surface area contributed by atoms with E-state index in [0.717, 1.165) is 50.5 Å². The number of ether oxygens (including phenoxy) is 2. The van der Waals surface area contributed by atoms with E-state index >= 15 is 0 Å². The summed E-state index contributed by atoms with van der Waals surface area (Å²) in [6.45, 7) is 5.42. The molecule has 22 heavy (non-hydrogen) atoms. The maximum atomic E-state index is 5.77. The van der Waals surface area contributed by atoms with Crippen LogP contribution in [0, 0.1) is 0 Å². The Labute approximate surface area is 135 Å². The van der Waals surface area contributed by atoms with Crippen LogP contribution in [0.25, 0.3) is 0 Å². The fourth-order valence-corrected chi connectivity index (χ4v) is 3.62. The molecule has 4 nitrogen and oxygen atoms in total. The van der Waals surface area contributed by atoms with Crippen LogP contribution in [-0.2, 0) is 19.4 Å². The van der Waals surface area contributed by atoms with Crippen molar-refractivity contribution in [1.29, 1.82) is 0 Å². The Morgan fingerprint density at radius 3 is 2.68 bits per heavy atom. The highest BCUT2D eigenvalue weighted by atomic mass is 32.1. The summed E-state index contributed by atoms with van der Waals surface area (Å²) < 4.78 is 11.2. The van der Waals surface area contributed by atoms with Crippen molar-refractivity contribution in [1.82, 2.24) is 10.3 Å². The normalized spacial score (nSPS) is 13.7. The molecule has 0 radical (unpaired) electrons. The molecule has 1 N–H and O–H groups in total. The van der Waals surface area contributed by atoms with E-state index in [9.17, 15) is 0 Å². The third-order valence-corrected chi connectivity index (χ3v) is 4.74. The largest absolute Gasteiger partial charge is 0.494 e. The van der Waals surface area contributed by atoms with E-state index < -0.39 is 0 Å². The number of nitrogens with one attached hydrogen (secondary N) is 1. The molecular weight excluding hydrogens is 296 g/mol. The highest BCUT2D eigenvalue weighted by Gasteiger charge is 2.14. The Morgan fingerprint density at radius 1 is 1.18 bits per heavy atom. The molecule has 1 aromatic heterocycles. The van der Waals surface area contributed by atoms with Gasteiger partial charge in [-0.15, -0.1) is 11.3 Å². The first-order chi connectivity index (χ1) is 10.8. The van der Waals surface area contributed by atoms with E-state index in [1.807, 2.05) is 42.5 Å². The maximum absolute atomic E-state index is 5.77. The molecule has 0 spiro atoms. The molecule has 0 aliphatic carbocycles. The maximum Gasteiger partial charge on any atom is 0.119 e.